The van der Waals surface area contributed by atoms with Crippen LogP contribution in [0.25, 0.3) is 0 Å². The molecule has 0 unspecified atom stereocenters. The monoisotopic (exact) mass is 448 g/mol. The highest BCUT2D eigenvalue weighted by Crippen LogP contribution is 2.22. The van der Waals surface area contributed by atoms with E-state index in [2.05, 4.69) is 4.72 Å². The number of carbonyl (C=O) groups is 2. The zero-order valence-electron chi connectivity index (χ0n) is 17.6. The Balaban J connectivity index is 1.54. The lowest BCUT2D eigenvalue weighted by atomic mass is 9.94. The van der Waals surface area contributed by atoms with E-state index in [4.69, 9.17) is 9.15 Å². The predicted molar refractivity (Wildman–Crippen MR) is 114 cm³/mol. The van der Waals surface area contributed by atoms with Gasteiger partial charge < -0.3 is 14.1 Å². The molecule has 1 aliphatic carbocycles. The summed E-state index contributed by atoms with van der Waals surface area (Å²) in [5.41, 5.74) is 0.179. The standard InChI is InChI=1S/C22H28N2O6S/c1-2-24(18-7-4-3-5-8-18)21(25)16-30-22(26)17-10-12-20(13-11-17)31(27,28)23-15-19-9-6-14-29-19/h6,9-14,18,23H,2-5,7-8,15-16H2,1H3. The summed E-state index contributed by atoms with van der Waals surface area (Å²) in [5, 5.41) is 0. The number of nitrogens with zero attached hydrogens (tertiary/aromatic N) is 1. The smallest absolute Gasteiger partial charge is 0.338 e. The van der Waals surface area contributed by atoms with Crippen LogP contribution in [0.4, 0.5) is 0 Å². The van der Waals surface area contributed by atoms with E-state index in [0.29, 0.717) is 12.3 Å². The fourth-order valence-corrected chi connectivity index (χ4v) is 4.75. The fraction of sp³-hybridized carbons (Fsp3) is 0.455. The summed E-state index contributed by atoms with van der Waals surface area (Å²) in [5.74, 6) is -0.382. The van der Waals surface area contributed by atoms with Crippen LogP contribution in [0.3, 0.4) is 0 Å². The second-order valence-corrected chi connectivity index (χ2v) is 9.24. The number of hydrogen-bond acceptors (Lipinski definition) is 6. The molecular weight excluding hydrogens is 420 g/mol. The molecule has 1 N–H and O–H groups in total. The molecule has 1 saturated carbocycles. The van der Waals surface area contributed by atoms with Crippen molar-refractivity contribution in [3.05, 3.63) is 54.0 Å². The third kappa shape index (κ3) is 6.18. The van der Waals surface area contributed by atoms with Crippen LogP contribution in [0.15, 0.2) is 52.0 Å². The Bertz CT molecular complexity index is 964. The van der Waals surface area contributed by atoms with Crippen molar-refractivity contribution >= 4 is 21.9 Å². The molecule has 9 heteroatoms. The van der Waals surface area contributed by atoms with Crippen LogP contribution in [0, 0.1) is 0 Å². The van der Waals surface area contributed by atoms with E-state index in [1.54, 1.807) is 17.0 Å². The molecule has 1 amide bonds. The van der Waals surface area contributed by atoms with Crippen LogP contribution in [0.1, 0.15) is 55.1 Å². The third-order valence-corrected chi connectivity index (χ3v) is 6.84. The van der Waals surface area contributed by atoms with Gasteiger partial charge in [-0.2, -0.15) is 0 Å². The van der Waals surface area contributed by atoms with Crippen LogP contribution in [-0.2, 0) is 26.1 Å². The highest BCUT2D eigenvalue weighted by atomic mass is 32.2. The molecular formula is C22H28N2O6S. The molecule has 1 heterocycles. The number of carbonyl (C=O) groups excluding carboxylic acids is 2. The molecule has 0 radical (unpaired) electrons. The van der Waals surface area contributed by atoms with Gasteiger partial charge in [-0.1, -0.05) is 19.3 Å². The summed E-state index contributed by atoms with van der Waals surface area (Å²) >= 11 is 0. The zero-order valence-corrected chi connectivity index (χ0v) is 18.4. The first-order valence-electron chi connectivity index (χ1n) is 10.5. The minimum absolute atomic E-state index is 0.0149. The van der Waals surface area contributed by atoms with Gasteiger partial charge in [0.25, 0.3) is 5.91 Å². The minimum atomic E-state index is -3.75. The lowest BCUT2D eigenvalue weighted by Gasteiger charge is -2.33. The second-order valence-electron chi connectivity index (χ2n) is 7.48. The van der Waals surface area contributed by atoms with Crippen molar-refractivity contribution in [3.8, 4) is 0 Å². The summed E-state index contributed by atoms with van der Waals surface area (Å²) < 4.78 is 37.4. The molecule has 8 nitrogen and oxygen atoms in total. The van der Waals surface area contributed by atoms with E-state index >= 15 is 0 Å². The van der Waals surface area contributed by atoms with Crippen molar-refractivity contribution in [1.82, 2.24) is 9.62 Å². The first-order chi connectivity index (χ1) is 14.9. The van der Waals surface area contributed by atoms with Gasteiger partial charge in [0.1, 0.15) is 5.76 Å². The molecule has 31 heavy (non-hydrogen) atoms. The highest BCUT2D eigenvalue weighted by molar-refractivity contribution is 7.89. The zero-order chi connectivity index (χ0) is 22.3. The van der Waals surface area contributed by atoms with Gasteiger partial charge in [-0.25, -0.2) is 17.9 Å². The van der Waals surface area contributed by atoms with Crippen LogP contribution in [0.2, 0.25) is 0 Å². The van der Waals surface area contributed by atoms with Gasteiger partial charge in [0.15, 0.2) is 6.61 Å². The van der Waals surface area contributed by atoms with E-state index in [1.807, 2.05) is 6.92 Å². The number of rotatable bonds is 9. The van der Waals surface area contributed by atoms with Crippen LogP contribution < -0.4 is 4.72 Å². The van der Waals surface area contributed by atoms with Crippen molar-refractivity contribution in [2.45, 2.75) is 56.5 Å². The lowest BCUT2D eigenvalue weighted by molar-refractivity contribution is -0.137. The molecule has 2 aromatic rings. The average molecular weight is 449 g/mol. The number of benzene rings is 1. The molecule has 3 rings (SSSR count). The molecule has 1 aliphatic rings. The third-order valence-electron chi connectivity index (χ3n) is 5.42. The van der Waals surface area contributed by atoms with E-state index in [-0.39, 0.29) is 35.6 Å². The van der Waals surface area contributed by atoms with Gasteiger partial charge in [-0.15, -0.1) is 0 Å². The molecule has 0 saturated heterocycles. The largest absolute Gasteiger partial charge is 0.468 e. The topological polar surface area (TPSA) is 106 Å². The second kappa shape index (κ2) is 10.6. The van der Waals surface area contributed by atoms with E-state index in [1.165, 1.54) is 36.9 Å². The maximum absolute atomic E-state index is 12.5. The van der Waals surface area contributed by atoms with Crippen LogP contribution in [0.5, 0.6) is 0 Å². The average Bonchev–Trinajstić information content (AvgIpc) is 3.31. The number of likely N-dealkylation sites (N-methyl/N-ethyl adjacent to an activating group) is 1. The highest BCUT2D eigenvalue weighted by Gasteiger charge is 2.25. The summed E-state index contributed by atoms with van der Waals surface area (Å²) in [7, 11) is -3.75. The summed E-state index contributed by atoms with van der Waals surface area (Å²) in [6.07, 6.45) is 6.85. The lowest BCUT2D eigenvalue weighted by Crippen LogP contribution is -2.43. The Labute approximate surface area is 182 Å². The van der Waals surface area contributed by atoms with Crippen molar-refractivity contribution < 1.29 is 27.2 Å². The maximum Gasteiger partial charge on any atom is 0.338 e. The van der Waals surface area contributed by atoms with Crippen molar-refractivity contribution in [2.24, 2.45) is 0 Å². The van der Waals surface area contributed by atoms with Gasteiger partial charge in [0.2, 0.25) is 10.0 Å². The Morgan fingerprint density at radius 2 is 1.84 bits per heavy atom. The normalized spacial score (nSPS) is 14.9. The molecule has 0 aliphatic heterocycles. The quantitative estimate of drug-likeness (QED) is 0.591. The summed E-state index contributed by atoms with van der Waals surface area (Å²) in [6.45, 7) is 2.20. The Morgan fingerprint density at radius 3 is 2.45 bits per heavy atom. The van der Waals surface area contributed by atoms with E-state index < -0.39 is 16.0 Å². The number of nitrogens with one attached hydrogen (secondary N) is 1. The maximum atomic E-state index is 12.5. The summed E-state index contributed by atoms with van der Waals surface area (Å²) in [4.78, 5) is 26.6. The molecule has 0 bridgehead atoms. The van der Waals surface area contributed by atoms with Gasteiger partial charge in [-0.05, 0) is 56.2 Å². The predicted octanol–water partition coefficient (Wildman–Crippen LogP) is 3.10. The molecule has 0 spiro atoms. The minimum Gasteiger partial charge on any atom is -0.468 e. The SMILES string of the molecule is CCN(C(=O)COC(=O)c1ccc(S(=O)(=O)NCc2ccco2)cc1)C1CCCCC1. The van der Waals surface area contributed by atoms with Gasteiger partial charge in [-0.3, -0.25) is 4.79 Å². The number of amides is 1. The Hall–Kier alpha value is -2.65. The summed E-state index contributed by atoms with van der Waals surface area (Å²) in [6, 6.07) is 8.93. The number of esters is 1. The van der Waals surface area contributed by atoms with Crippen molar-refractivity contribution in [3.63, 3.8) is 0 Å². The first-order valence-corrected chi connectivity index (χ1v) is 12.0. The fourth-order valence-electron chi connectivity index (χ4n) is 3.76. The Kier molecular flexibility index (Phi) is 7.86. The van der Waals surface area contributed by atoms with Gasteiger partial charge in [0, 0.05) is 12.6 Å². The molecule has 1 aromatic carbocycles. The molecule has 168 valence electrons. The van der Waals surface area contributed by atoms with Crippen molar-refractivity contribution in [1.29, 1.82) is 0 Å². The first kappa shape index (κ1) is 23.0. The number of ether oxygens (including phenoxy) is 1. The number of sulfonamides is 1. The molecule has 0 atom stereocenters. The molecule has 1 fully saturated rings. The van der Waals surface area contributed by atoms with E-state index in [9.17, 15) is 18.0 Å². The van der Waals surface area contributed by atoms with Gasteiger partial charge >= 0.3 is 5.97 Å². The van der Waals surface area contributed by atoms with Crippen molar-refractivity contribution in [2.75, 3.05) is 13.2 Å². The van der Waals surface area contributed by atoms with Crippen LogP contribution >= 0.6 is 0 Å². The Morgan fingerprint density at radius 1 is 1.13 bits per heavy atom. The van der Waals surface area contributed by atoms with Crippen LogP contribution in [-0.4, -0.2) is 44.4 Å². The number of hydrogen-bond donors (Lipinski definition) is 1. The van der Waals surface area contributed by atoms with Gasteiger partial charge in [0.05, 0.1) is 23.3 Å². The number of furan rings is 1. The molecule has 1 aromatic heterocycles. The van der Waals surface area contributed by atoms with E-state index in [0.717, 1.165) is 25.7 Å².